The zero-order chi connectivity index (χ0) is 32.9. The van der Waals surface area contributed by atoms with Crippen molar-refractivity contribution in [1.29, 1.82) is 5.26 Å². The third-order valence-electron chi connectivity index (χ3n) is 8.76. The van der Waals surface area contributed by atoms with E-state index in [9.17, 15) is 14.9 Å². The smallest absolute Gasteiger partial charge is 0.271 e. The number of fused-ring (bicyclic) bond motifs is 1. The standard InChI is InChI=1S/C40H37N3O2S2/c1-4-6-13-28(5-2)26-42-39(44)34(27(3)35(25-41)40(42)45)22-33-23-37-38(46-33)24-36(47-37)29-18-20-32(21-19-29)43(30-14-9-7-10-15-30)31-16-11-8-12-17-31/h7-12,14-24,28H,4-6,13,26H2,1-3H3. The van der Waals surface area contributed by atoms with Gasteiger partial charge < -0.3 is 4.90 Å². The fraction of sp³-hybridized carbons (Fsp3) is 0.225. The summed E-state index contributed by atoms with van der Waals surface area (Å²) in [5.74, 6) is -0.554. The number of hydrogen-bond donors (Lipinski definition) is 0. The Kier molecular flexibility index (Phi) is 9.81. The lowest BCUT2D eigenvalue weighted by Crippen LogP contribution is -2.45. The minimum absolute atomic E-state index is 0.0587. The number of unbranched alkanes of at least 4 members (excludes halogenated alkanes) is 1. The molecule has 0 N–H and O–H groups in total. The monoisotopic (exact) mass is 655 g/mol. The summed E-state index contributed by atoms with van der Waals surface area (Å²) in [4.78, 5) is 32.5. The molecule has 0 bridgehead atoms. The number of thiophene rings is 2. The lowest BCUT2D eigenvalue weighted by Gasteiger charge is -2.30. The highest BCUT2D eigenvalue weighted by Gasteiger charge is 2.36. The minimum Gasteiger partial charge on any atom is -0.311 e. The van der Waals surface area contributed by atoms with Gasteiger partial charge in [-0.05, 0) is 85.0 Å². The molecule has 5 aromatic rings. The van der Waals surface area contributed by atoms with E-state index in [4.69, 9.17) is 0 Å². The molecule has 7 heteroatoms. The molecular formula is C40H37N3O2S2. The molecule has 47 heavy (non-hydrogen) atoms. The highest BCUT2D eigenvalue weighted by Crippen LogP contribution is 2.41. The number of carbonyl (C=O) groups excluding carboxylic acids is 2. The minimum atomic E-state index is -0.472. The number of imide groups is 1. The maximum atomic E-state index is 13.7. The van der Waals surface area contributed by atoms with Gasteiger partial charge in [-0.15, -0.1) is 22.7 Å². The van der Waals surface area contributed by atoms with Crippen LogP contribution in [0.1, 0.15) is 51.3 Å². The molecule has 2 aromatic heterocycles. The van der Waals surface area contributed by atoms with Crippen molar-refractivity contribution in [3.05, 3.63) is 119 Å². The van der Waals surface area contributed by atoms with E-state index in [0.29, 0.717) is 17.7 Å². The molecule has 2 amide bonds. The van der Waals surface area contributed by atoms with Crippen LogP contribution in [0.2, 0.25) is 0 Å². The van der Waals surface area contributed by atoms with Crippen molar-refractivity contribution < 1.29 is 9.59 Å². The number of carbonyl (C=O) groups is 2. The van der Waals surface area contributed by atoms with Crippen LogP contribution in [-0.4, -0.2) is 23.3 Å². The highest BCUT2D eigenvalue weighted by atomic mass is 32.1. The van der Waals surface area contributed by atoms with Crippen LogP contribution < -0.4 is 4.90 Å². The van der Waals surface area contributed by atoms with Crippen LogP contribution in [0.5, 0.6) is 0 Å². The van der Waals surface area contributed by atoms with Gasteiger partial charge in [0.1, 0.15) is 11.6 Å². The fourth-order valence-electron chi connectivity index (χ4n) is 6.06. The molecular weight excluding hydrogens is 619 g/mol. The third kappa shape index (κ3) is 6.71. The second-order valence-electron chi connectivity index (χ2n) is 11.8. The van der Waals surface area contributed by atoms with Crippen molar-refractivity contribution in [3.8, 4) is 16.5 Å². The maximum Gasteiger partial charge on any atom is 0.271 e. The van der Waals surface area contributed by atoms with E-state index < -0.39 is 5.91 Å². The molecule has 5 nitrogen and oxygen atoms in total. The second-order valence-corrected chi connectivity index (χ2v) is 14.0. The number of amides is 2. The molecule has 0 fully saturated rings. The molecule has 1 atom stereocenters. The summed E-state index contributed by atoms with van der Waals surface area (Å²) in [7, 11) is 0. The topological polar surface area (TPSA) is 64.4 Å². The first-order valence-electron chi connectivity index (χ1n) is 16.1. The average Bonchev–Trinajstić information content (AvgIpc) is 3.67. The van der Waals surface area contributed by atoms with Gasteiger partial charge in [0.15, 0.2) is 0 Å². The zero-order valence-corrected chi connectivity index (χ0v) is 28.5. The molecule has 3 heterocycles. The predicted octanol–water partition coefficient (Wildman–Crippen LogP) is 10.9. The second kappa shape index (κ2) is 14.3. The van der Waals surface area contributed by atoms with Crippen LogP contribution in [0, 0.1) is 17.2 Å². The van der Waals surface area contributed by atoms with Crippen molar-refractivity contribution in [2.45, 2.75) is 46.5 Å². The number of nitrogens with zero attached hydrogens (tertiary/aromatic N) is 3. The van der Waals surface area contributed by atoms with Crippen molar-refractivity contribution >= 4 is 67.0 Å². The van der Waals surface area contributed by atoms with E-state index in [2.05, 4.69) is 110 Å². The Labute approximate surface area is 284 Å². The Hall–Kier alpha value is -4.77. The van der Waals surface area contributed by atoms with Crippen LogP contribution in [0.3, 0.4) is 0 Å². The van der Waals surface area contributed by atoms with Crippen LogP contribution in [0.4, 0.5) is 17.1 Å². The normalized spacial score (nSPS) is 15.0. The van der Waals surface area contributed by atoms with Gasteiger partial charge in [0.05, 0.1) is 0 Å². The number of hydrogen-bond acceptors (Lipinski definition) is 6. The van der Waals surface area contributed by atoms with Crippen LogP contribution >= 0.6 is 22.7 Å². The van der Waals surface area contributed by atoms with Crippen molar-refractivity contribution in [3.63, 3.8) is 0 Å². The zero-order valence-electron chi connectivity index (χ0n) is 26.9. The highest BCUT2D eigenvalue weighted by molar-refractivity contribution is 7.29. The predicted molar refractivity (Wildman–Crippen MR) is 196 cm³/mol. The van der Waals surface area contributed by atoms with Gasteiger partial charge in [-0.25, -0.2) is 0 Å². The Morgan fingerprint density at radius 1 is 0.830 bits per heavy atom. The Morgan fingerprint density at radius 2 is 1.45 bits per heavy atom. The molecule has 1 aliphatic heterocycles. The largest absolute Gasteiger partial charge is 0.311 e. The van der Waals surface area contributed by atoms with E-state index in [-0.39, 0.29) is 17.4 Å². The Morgan fingerprint density at radius 3 is 2.02 bits per heavy atom. The molecule has 1 unspecified atom stereocenters. The maximum absolute atomic E-state index is 13.7. The summed E-state index contributed by atoms with van der Waals surface area (Å²) in [5.41, 5.74) is 5.37. The first kappa shape index (κ1) is 32.2. The summed E-state index contributed by atoms with van der Waals surface area (Å²) < 4.78 is 2.28. The Balaban J connectivity index is 1.26. The molecule has 0 spiro atoms. The molecule has 1 aliphatic rings. The summed E-state index contributed by atoms with van der Waals surface area (Å²) in [6.07, 6.45) is 5.81. The van der Waals surface area contributed by atoms with Crippen LogP contribution in [-0.2, 0) is 9.59 Å². The SMILES string of the molecule is CCCCC(CC)CN1C(=O)C(=Cc2cc3sc(-c4ccc(N(c5ccccc5)c5ccccc5)cc4)cc3s2)C(C)=C(C#N)C1=O. The number of para-hydroxylation sites is 2. The van der Waals surface area contributed by atoms with Gasteiger partial charge in [-0.1, -0.05) is 81.6 Å². The van der Waals surface area contributed by atoms with Gasteiger partial charge in [0, 0.05) is 48.3 Å². The number of anilines is 3. The van der Waals surface area contributed by atoms with Crippen LogP contribution in [0.15, 0.2) is 114 Å². The van der Waals surface area contributed by atoms with Gasteiger partial charge in [-0.2, -0.15) is 5.26 Å². The first-order chi connectivity index (χ1) is 22.9. The molecule has 0 saturated carbocycles. The van der Waals surface area contributed by atoms with Gasteiger partial charge >= 0.3 is 0 Å². The van der Waals surface area contributed by atoms with Crippen molar-refractivity contribution in [1.82, 2.24) is 4.90 Å². The molecule has 0 saturated heterocycles. The summed E-state index contributed by atoms with van der Waals surface area (Å²) >= 11 is 3.34. The van der Waals surface area contributed by atoms with Gasteiger partial charge in [-0.3, -0.25) is 14.5 Å². The molecule has 6 rings (SSSR count). The van der Waals surface area contributed by atoms with Crippen molar-refractivity contribution in [2.75, 3.05) is 11.4 Å². The van der Waals surface area contributed by atoms with E-state index in [1.165, 1.54) is 9.78 Å². The van der Waals surface area contributed by atoms with E-state index in [0.717, 1.165) is 62.6 Å². The fourth-order valence-corrected chi connectivity index (χ4v) is 8.41. The summed E-state index contributed by atoms with van der Waals surface area (Å²) in [6.45, 7) is 6.29. The number of rotatable bonds is 11. The first-order valence-corrected chi connectivity index (χ1v) is 17.8. The van der Waals surface area contributed by atoms with Gasteiger partial charge in [0.25, 0.3) is 11.8 Å². The number of benzene rings is 3. The summed E-state index contributed by atoms with van der Waals surface area (Å²) in [5, 5.41) is 9.84. The average molecular weight is 656 g/mol. The molecule has 0 aliphatic carbocycles. The van der Waals surface area contributed by atoms with E-state index >= 15 is 0 Å². The quantitative estimate of drug-likeness (QED) is 0.105. The number of nitriles is 1. The van der Waals surface area contributed by atoms with Crippen LogP contribution in [0.25, 0.3) is 25.9 Å². The lowest BCUT2D eigenvalue weighted by molar-refractivity contribution is -0.141. The van der Waals surface area contributed by atoms with E-state index in [1.54, 1.807) is 29.6 Å². The van der Waals surface area contributed by atoms with Crippen molar-refractivity contribution in [2.24, 2.45) is 5.92 Å². The molecule has 236 valence electrons. The van der Waals surface area contributed by atoms with E-state index in [1.807, 2.05) is 18.2 Å². The van der Waals surface area contributed by atoms with Gasteiger partial charge in [0.2, 0.25) is 0 Å². The molecule has 0 radical (unpaired) electrons. The molecule has 3 aromatic carbocycles. The summed E-state index contributed by atoms with van der Waals surface area (Å²) in [6, 6.07) is 35.8. The third-order valence-corrected chi connectivity index (χ3v) is 11.1. The Bertz CT molecular complexity index is 1930. The lowest BCUT2D eigenvalue weighted by atomic mass is 9.92.